The monoisotopic (exact) mass is 298 g/mol. The van der Waals surface area contributed by atoms with Gasteiger partial charge in [0.1, 0.15) is 5.60 Å². The van der Waals surface area contributed by atoms with Crippen LogP contribution < -0.4 is 10.6 Å². The van der Waals surface area contributed by atoms with E-state index < -0.39 is 5.60 Å². The normalized spacial score (nSPS) is 24.1. The highest BCUT2D eigenvalue weighted by atomic mass is 16.6. The van der Waals surface area contributed by atoms with Crippen molar-refractivity contribution in [3.63, 3.8) is 0 Å². The molecule has 0 bridgehead atoms. The molecule has 0 radical (unpaired) electrons. The third-order valence-electron chi connectivity index (χ3n) is 4.24. The first-order chi connectivity index (χ1) is 9.73. The molecule has 0 aliphatic heterocycles. The van der Waals surface area contributed by atoms with Crippen LogP contribution in [0.15, 0.2) is 0 Å². The molecule has 1 amide bonds. The van der Waals surface area contributed by atoms with Gasteiger partial charge in [-0.1, -0.05) is 27.2 Å². The van der Waals surface area contributed by atoms with Gasteiger partial charge in [0.15, 0.2) is 0 Å². The second-order valence-corrected chi connectivity index (χ2v) is 7.61. The Bertz CT molecular complexity index is 323. The second-order valence-electron chi connectivity index (χ2n) is 7.61. The molecule has 0 aromatic heterocycles. The zero-order valence-electron chi connectivity index (χ0n) is 14.7. The summed E-state index contributed by atoms with van der Waals surface area (Å²) < 4.78 is 5.30. The van der Waals surface area contributed by atoms with Crippen LogP contribution in [0, 0.1) is 11.8 Å². The maximum atomic E-state index is 11.8. The summed E-state index contributed by atoms with van der Waals surface area (Å²) in [5.41, 5.74) is -0.428. The van der Waals surface area contributed by atoms with Gasteiger partial charge in [-0.3, -0.25) is 0 Å². The minimum absolute atomic E-state index is 0.302. The molecule has 0 saturated heterocycles. The number of carbonyl (C=O) groups excluding carboxylic acids is 1. The van der Waals surface area contributed by atoms with Gasteiger partial charge in [-0.05, 0) is 51.9 Å². The van der Waals surface area contributed by atoms with Crippen molar-refractivity contribution in [1.29, 1.82) is 0 Å². The molecule has 0 spiro atoms. The lowest BCUT2D eigenvalue weighted by molar-refractivity contribution is 0.0516. The van der Waals surface area contributed by atoms with Crippen molar-refractivity contribution < 1.29 is 9.53 Å². The van der Waals surface area contributed by atoms with Crippen LogP contribution in [0.5, 0.6) is 0 Å². The van der Waals surface area contributed by atoms with Crippen molar-refractivity contribution in [3.05, 3.63) is 0 Å². The number of alkyl carbamates (subject to hydrolysis) is 1. The number of carbonyl (C=O) groups is 1. The largest absolute Gasteiger partial charge is 0.444 e. The number of hydrogen-bond acceptors (Lipinski definition) is 3. The van der Waals surface area contributed by atoms with Crippen LogP contribution >= 0.6 is 0 Å². The highest BCUT2D eigenvalue weighted by Gasteiger charge is 2.30. The molecule has 0 heterocycles. The van der Waals surface area contributed by atoms with E-state index in [1.54, 1.807) is 0 Å². The first-order valence-corrected chi connectivity index (χ1v) is 8.45. The first-order valence-electron chi connectivity index (χ1n) is 8.45. The highest BCUT2D eigenvalue weighted by molar-refractivity contribution is 5.67. The van der Waals surface area contributed by atoms with Crippen molar-refractivity contribution in [1.82, 2.24) is 10.6 Å². The topological polar surface area (TPSA) is 50.4 Å². The van der Waals surface area contributed by atoms with E-state index in [1.165, 1.54) is 19.3 Å². The maximum absolute atomic E-state index is 11.8. The molecule has 1 saturated carbocycles. The summed E-state index contributed by atoms with van der Waals surface area (Å²) in [5, 5.41) is 6.73. The Morgan fingerprint density at radius 3 is 2.48 bits per heavy atom. The van der Waals surface area contributed by atoms with Gasteiger partial charge in [0.2, 0.25) is 0 Å². The van der Waals surface area contributed by atoms with Crippen LogP contribution in [0.1, 0.15) is 67.2 Å². The van der Waals surface area contributed by atoms with E-state index in [9.17, 15) is 4.79 Å². The molecule has 1 aliphatic rings. The Morgan fingerprint density at radius 2 is 1.95 bits per heavy atom. The van der Waals surface area contributed by atoms with Crippen molar-refractivity contribution >= 4 is 6.09 Å². The van der Waals surface area contributed by atoms with Crippen molar-refractivity contribution in [2.75, 3.05) is 6.54 Å². The number of rotatable bonds is 6. The average molecular weight is 298 g/mol. The molecule has 0 aromatic rings. The molecular formula is C17H34N2O2. The molecular weight excluding hydrogens is 264 g/mol. The van der Waals surface area contributed by atoms with E-state index in [4.69, 9.17) is 4.74 Å². The summed E-state index contributed by atoms with van der Waals surface area (Å²) in [7, 11) is 0. The van der Waals surface area contributed by atoms with Crippen molar-refractivity contribution in [2.24, 2.45) is 11.8 Å². The first kappa shape index (κ1) is 18.3. The van der Waals surface area contributed by atoms with E-state index in [0.717, 1.165) is 6.42 Å². The van der Waals surface area contributed by atoms with E-state index >= 15 is 0 Å². The van der Waals surface area contributed by atoms with E-state index in [-0.39, 0.29) is 6.09 Å². The number of hydrogen-bond donors (Lipinski definition) is 2. The van der Waals surface area contributed by atoms with E-state index in [0.29, 0.717) is 30.5 Å². The average Bonchev–Trinajstić information content (AvgIpc) is 2.78. The van der Waals surface area contributed by atoms with Crippen LogP contribution in [0.3, 0.4) is 0 Å². The Balaban J connectivity index is 2.41. The van der Waals surface area contributed by atoms with Crippen LogP contribution in [-0.4, -0.2) is 30.3 Å². The third kappa shape index (κ3) is 6.68. The zero-order chi connectivity index (χ0) is 16.0. The van der Waals surface area contributed by atoms with Crippen LogP contribution in [0.4, 0.5) is 4.79 Å². The maximum Gasteiger partial charge on any atom is 0.407 e. The Kier molecular flexibility index (Phi) is 6.98. The lowest BCUT2D eigenvalue weighted by Gasteiger charge is -2.29. The molecule has 4 nitrogen and oxygen atoms in total. The zero-order valence-corrected chi connectivity index (χ0v) is 14.7. The number of nitrogens with one attached hydrogen (secondary N) is 2. The minimum atomic E-state index is -0.428. The molecule has 124 valence electrons. The molecule has 3 unspecified atom stereocenters. The third-order valence-corrected chi connectivity index (χ3v) is 4.24. The molecule has 1 aliphatic carbocycles. The van der Waals surface area contributed by atoms with E-state index in [2.05, 4.69) is 31.4 Å². The molecule has 1 fully saturated rings. The van der Waals surface area contributed by atoms with Gasteiger partial charge >= 0.3 is 6.09 Å². The van der Waals surface area contributed by atoms with Crippen molar-refractivity contribution in [3.8, 4) is 0 Å². The predicted molar refractivity (Wildman–Crippen MR) is 87.4 cm³/mol. The number of ether oxygens (including phenoxy) is 1. The fourth-order valence-corrected chi connectivity index (χ4v) is 3.09. The van der Waals surface area contributed by atoms with E-state index in [1.807, 2.05) is 20.8 Å². The summed E-state index contributed by atoms with van der Waals surface area (Å²) in [6.07, 6.45) is 4.49. The predicted octanol–water partition coefficient (Wildman–Crippen LogP) is 3.70. The molecule has 0 aromatic carbocycles. The van der Waals surface area contributed by atoms with Gasteiger partial charge in [0, 0.05) is 18.6 Å². The summed E-state index contributed by atoms with van der Waals surface area (Å²) >= 11 is 0. The highest BCUT2D eigenvalue weighted by Crippen LogP contribution is 2.26. The quantitative estimate of drug-likeness (QED) is 0.786. The summed E-state index contributed by atoms with van der Waals surface area (Å²) in [4.78, 5) is 11.8. The van der Waals surface area contributed by atoms with Gasteiger partial charge in [0.05, 0.1) is 0 Å². The number of amides is 1. The van der Waals surface area contributed by atoms with Gasteiger partial charge in [-0.25, -0.2) is 4.79 Å². The van der Waals surface area contributed by atoms with Crippen LogP contribution in [0.2, 0.25) is 0 Å². The fraction of sp³-hybridized carbons (Fsp3) is 0.941. The smallest absolute Gasteiger partial charge is 0.407 e. The minimum Gasteiger partial charge on any atom is -0.444 e. The Labute approximate surface area is 130 Å². The fourth-order valence-electron chi connectivity index (χ4n) is 3.09. The summed E-state index contributed by atoms with van der Waals surface area (Å²) in [6, 6.07) is 1.09. The Morgan fingerprint density at radius 1 is 1.29 bits per heavy atom. The van der Waals surface area contributed by atoms with Gasteiger partial charge in [-0.15, -0.1) is 0 Å². The van der Waals surface area contributed by atoms with Gasteiger partial charge in [-0.2, -0.15) is 0 Å². The van der Waals surface area contributed by atoms with Crippen molar-refractivity contribution in [2.45, 2.75) is 84.9 Å². The second kappa shape index (κ2) is 8.02. The lowest BCUT2D eigenvalue weighted by Crippen LogP contribution is -2.46. The van der Waals surface area contributed by atoms with Crippen LogP contribution in [0.25, 0.3) is 0 Å². The lowest BCUT2D eigenvalue weighted by atomic mass is 9.97. The summed E-state index contributed by atoms with van der Waals surface area (Å²) in [6.45, 7) is 13.2. The molecule has 2 N–H and O–H groups in total. The molecule has 21 heavy (non-hydrogen) atoms. The van der Waals surface area contributed by atoms with Gasteiger partial charge in [0.25, 0.3) is 0 Å². The van der Waals surface area contributed by atoms with Crippen LogP contribution in [-0.2, 0) is 4.74 Å². The molecule has 3 atom stereocenters. The summed E-state index contributed by atoms with van der Waals surface area (Å²) in [5.74, 6) is 1.17. The Hall–Kier alpha value is -0.770. The van der Waals surface area contributed by atoms with Gasteiger partial charge < -0.3 is 15.4 Å². The SMILES string of the molecule is CCC(NC1CCCC1CNC(=O)OC(C)(C)C)C(C)C. The molecule has 1 rings (SSSR count). The standard InChI is InChI=1S/C17H34N2O2/c1-7-14(12(2)3)19-15-10-8-9-13(15)11-18-16(20)21-17(4,5)6/h12-15,19H,7-11H2,1-6H3,(H,18,20). The molecule has 4 heteroatoms.